The van der Waals surface area contributed by atoms with Gasteiger partial charge in [0.1, 0.15) is 0 Å². The van der Waals surface area contributed by atoms with Crippen LogP contribution >= 0.6 is 0 Å². The highest BCUT2D eigenvalue weighted by molar-refractivity contribution is 6.06. The zero-order chi connectivity index (χ0) is 16.7. The maximum absolute atomic E-state index is 12.2. The lowest BCUT2D eigenvalue weighted by Gasteiger charge is -2.20. The number of carbonyl (C=O) groups excluding carboxylic acids is 2. The van der Waals surface area contributed by atoms with Crippen LogP contribution in [0.2, 0.25) is 0 Å². The van der Waals surface area contributed by atoms with Gasteiger partial charge in [-0.3, -0.25) is 19.8 Å². The van der Waals surface area contributed by atoms with Gasteiger partial charge in [0.25, 0.3) is 11.8 Å². The van der Waals surface area contributed by atoms with Gasteiger partial charge in [-0.2, -0.15) is 5.01 Å². The molecule has 0 aliphatic carbocycles. The molecule has 23 heavy (non-hydrogen) atoms. The largest absolute Gasteiger partial charge is 0.462 e. The third-order valence-corrected chi connectivity index (χ3v) is 3.57. The maximum Gasteiger partial charge on any atom is 0.452 e. The van der Waals surface area contributed by atoms with Crippen molar-refractivity contribution in [2.24, 2.45) is 0 Å². The SMILES string of the molecule is Nc1ccc2nc([C@@H]3CC(=O)N(N(O)C(=O)O)C3=O)ccc2c1. The number of aromatic nitrogens is 1. The second-order valence-electron chi connectivity index (χ2n) is 5.06. The van der Waals surface area contributed by atoms with Crippen LogP contribution in [-0.4, -0.2) is 43.4 Å². The number of fused-ring (bicyclic) bond motifs is 1. The van der Waals surface area contributed by atoms with Crippen LogP contribution in [-0.2, 0) is 9.59 Å². The van der Waals surface area contributed by atoms with E-state index < -0.39 is 29.0 Å². The number of imide groups is 1. The Morgan fingerprint density at radius 1 is 1.30 bits per heavy atom. The smallest absolute Gasteiger partial charge is 0.452 e. The first-order valence-electron chi connectivity index (χ1n) is 6.63. The summed E-state index contributed by atoms with van der Waals surface area (Å²) in [5, 5.41) is 18.6. The molecule has 3 amide bonds. The summed E-state index contributed by atoms with van der Waals surface area (Å²) in [4.78, 5) is 39.1. The van der Waals surface area contributed by atoms with Gasteiger partial charge in [0, 0.05) is 17.5 Å². The van der Waals surface area contributed by atoms with Crippen molar-refractivity contribution in [2.45, 2.75) is 12.3 Å². The van der Waals surface area contributed by atoms with Gasteiger partial charge in [-0.05, 0) is 24.3 Å². The van der Waals surface area contributed by atoms with Crippen LogP contribution < -0.4 is 5.73 Å². The molecule has 1 fully saturated rings. The van der Waals surface area contributed by atoms with Gasteiger partial charge in [-0.1, -0.05) is 11.2 Å². The first-order valence-corrected chi connectivity index (χ1v) is 6.63. The van der Waals surface area contributed by atoms with Crippen LogP contribution in [0.3, 0.4) is 0 Å². The molecule has 1 atom stereocenters. The summed E-state index contributed by atoms with van der Waals surface area (Å²) in [5.74, 6) is -2.61. The molecule has 4 N–H and O–H groups in total. The Morgan fingerprint density at radius 2 is 2.04 bits per heavy atom. The molecule has 1 aliphatic rings. The minimum absolute atomic E-state index is 0.196. The van der Waals surface area contributed by atoms with Gasteiger partial charge >= 0.3 is 6.09 Å². The second-order valence-corrected chi connectivity index (χ2v) is 5.06. The van der Waals surface area contributed by atoms with E-state index in [4.69, 9.17) is 10.8 Å². The van der Waals surface area contributed by atoms with Gasteiger partial charge in [-0.25, -0.2) is 4.79 Å². The summed E-state index contributed by atoms with van der Waals surface area (Å²) in [6.45, 7) is 0. The zero-order valence-corrected chi connectivity index (χ0v) is 11.7. The average molecular weight is 316 g/mol. The number of nitrogen functional groups attached to an aromatic ring is 1. The number of hydrazine groups is 1. The van der Waals surface area contributed by atoms with E-state index in [1.54, 1.807) is 30.3 Å². The van der Waals surface area contributed by atoms with Crippen LogP contribution in [0.4, 0.5) is 10.5 Å². The van der Waals surface area contributed by atoms with Gasteiger partial charge in [-0.15, -0.1) is 0 Å². The minimum Gasteiger partial charge on any atom is -0.462 e. The van der Waals surface area contributed by atoms with Crippen molar-refractivity contribution in [1.82, 2.24) is 15.2 Å². The van der Waals surface area contributed by atoms with E-state index in [0.717, 1.165) is 5.39 Å². The van der Waals surface area contributed by atoms with Crippen LogP contribution in [0.5, 0.6) is 0 Å². The predicted octanol–water partition coefficient (Wildman–Crippen LogP) is 0.944. The predicted molar refractivity (Wildman–Crippen MR) is 77.0 cm³/mol. The molecule has 118 valence electrons. The second kappa shape index (κ2) is 5.21. The molecule has 9 nitrogen and oxygen atoms in total. The van der Waals surface area contributed by atoms with E-state index in [1.807, 2.05) is 0 Å². The molecule has 1 saturated heterocycles. The average Bonchev–Trinajstić information content (AvgIpc) is 2.80. The third-order valence-electron chi connectivity index (χ3n) is 3.57. The van der Waals surface area contributed by atoms with E-state index in [0.29, 0.717) is 16.9 Å². The molecule has 1 aromatic heterocycles. The highest BCUT2D eigenvalue weighted by Gasteiger charge is 2.45. The fourth-order valence-corrected chi connectivity index (χ4v) is 2.49. The topological polar surface area (TPSA) is 137 Å². The summed E-state index contributed by atoms with van der Waals surface area (Å²) < 4.78 is 0. The number of hydroxylamine groups is 1. The fourth-order valence-electron chi connectivity index (χ4n) is 2.49. The number of nitrogens with zero attached hydrogens (tertiary/aromatic N) is 3. The lowest BCUT2D eigenvalue weighted by Crippen LogP contribution is -2.47. The molecule has 0 bridgehead atoms. The van der Waals surface area contributed by atoms with Crippen molar-refractivity contribution < 1.29 is 24.7 Å². The number of hydrogen-bond donors (Lipinski definition) is 3. The number of rotatable bonds is 2. The van der Waals surface area contributed by atoms with Gasteiger partial charge < -0.3 is 10.8 Å². The Labute approximate surface area is 129 Å². The van der Waals surface area contributed by atoms with E-state index in [9.17, 15) is 19.6 Å². The Morgan fingerprint density at radius 3 is 2.74 bits per heavy atom. The molecule has 3 rings (SSSR count). The first-order chi connectivity index (χ1) is 10.9. The van der Waals surface area contributed by atoms with E-state index in [2.05, 4.69) is 4.98 Å². The third kappa shape index (κ3) is 2.42. The Bertz CT molecular complexity index is 837. The van der Waals surface area contributed by atoms with Crippen molar-refractivity contribution in [1.29, 1.82) is 0 Å². The summed E-state index contributed by atoms with van der Waals surface area (Å²) in [6.07, 6.45) is -2.09. The highest BCUT2D eigenvalue weighted by atomic mass is 16.6. The molecule has 0 saturated carbocycles. The highest BCUT2D eigenvalue weighted by Crippen LogP contribution is 2.30. The normalized spacial score (nSPS) is 17.8. The number of hydrogen-bond acceptors (Lipinski definition) is 6. The van der Waals surface area contributed by atoms with Crippen molar-refractivity contribution in [3.63, 3.8) is 0 Å². The number of benzene rings is 1. The van der Waals surface area contributed by atoms with E-state index in [1.165, 1.54) is 0 Å². The van der Waals surface area contributed by atoms with Crippen LogP contribution in [0.1, 0.15) is 18.0 Å². The van der Waals surface area contributed by atoms with Crippen molar-refractivity contribution in [2.75, 3.05) is 5.73 Å². The molecule has 9 heteroatoms. The van der Waals surface area contributed by atoms with Crippen molar-refractivity contribution in [3.8, 4) is 0 Å². The number of nitrogens with two attached hydrogens (primary N) is 1. The van der Waals surface area contributed by atoms with Crippen molar-refractivity contribution >= 4 is 34.5 Å². The summed E-state index contributed by atoms with van der Waals surface area (Å²) in [6, 6.07) is 8.35. The number of pyridine rings is 1. The first kappa shape index (κ1) is 14.7. The molecule has 0 unspecified atom stereocenters. The Kier molecular flexibility index (Phi) is 3.34. The molecule has 1 aliphatic heterocycles. The van der Waals surface area contributed by atoms with E-state index >= 15 is 0 Å². The summed E-state index contributed by atoms with van der Waals surface area (Å²) >= 11 is 0. The zero-order valence-electron chi connectivity index (χ0n) is 11.7. The quantitative estimate of drug-likeness (QED) is 0.324. The Balaban J connectivity index is 1.96. The molecule has 2 aromatic rings. The molecular weight excluding hydrogens is 304 g/mol. The summed E-state index contributed by atoms with van der Waals surface area (Å²) in [5.41, 5.74) is 7.17. The van der Waals surface area contributed by atoms with E-state index in [-0.39, 0.29) is 11.4 Å². The van der Waals surface area contributed by atoms with Crippen LogP contribution in [0, 0.1) is 0 Å². The Hall–Kier alpha value is -3.20. The minimum atomic E-state index is -1.82. The fraction of sp³-hybridized carbons (Fsp3) is 0.143. The van der Waals surface area contributed by atoms with Gasteiger partial charge in [0.05, 0.1) is 17.1 Å². The lowest BCUT2D eigenvalue weighted by atomic mass is 10.0. The molecular formula is C14H12N4O5. The summed E-state index contributed by atoms with van der Waals surface area (Å²) in [7, 11) is 0. The van der Waals surface area contributed by atoms with Gasteiger partial charge in [0.2, 0.25) is 0 Å². The van der Waals surface area contributed by atoms with Crippen molar-refractivity contribution in [3.05, 3.63) is 36.0 Å². The number of amides is 3. The molecule has 2 heterocycles. The maximum atomic E-state index is 12.2. The van der Waals surface area contributed by atoms with Gasteiger partial charge in [0.15, 0.2) is 0 Å². The number of anilines is 1. The number of carboxylic acid groups (broad SMARTS) is 1. The standard InChI is InChI=1S/C14H12N4O5/c15-8-2-4-10-7(5-8)1-3-11(16-10)9-6-12(19)17(13(9)20)18(23)14(21)22/h1-5,9,23H,6,15H2,(H,21,22)/t9-/m0/s1. The molecule has 1 aromatic carbocycles. The number of carbonyl (C=O) groups is 3. The van der Waals surface area contributed by atoms with Crippen LogP contribution in [0.15, 0.2) is 30.3 Å². The lowest BCUT2D eigenvalue weighted by molar-refractivity contribution is -0.209. The molecule has 0 radical (unpaired) electrons. The molecule has 0 spiro atoms. The monoisotopic (exact) mass is 316 g/mol. The van der Waals surface area contributed by atoms with Crippen LogP contribution in [0.25, 0.3) is 10.9 Å².